The van der Waals surface area contributed by atoms with Crippen molar-refractivity contribution in [1.82, 2.24) is 4.98 Å². The first-order valence-corrected chi connectivity index (χ1v) is 12.9. The van der Waals surface area contributed by atoms with Gasteiger partial charge >= 0.3 is 0 Å². The van der Waals surface area contributed by atoms with Crippen LogP contribution in [0.2, 0.25) is 5.02 Å². The van der Waals surface area contributed by atoms with Gasteiger partial charge in [0.05, 0.1) is 17.1 Å². The Hall–Kier alpha value is -3.49. The Morgan fingerprint density at radius 2 is 1.97 bits per heavy atom. The van der Waals surface area contributed by atoms with Crippen LogP contribution in [-0.2, 0) is 16.6 Å². The summed E-state index contributed by atoms with van der Waals surface area (Å²) in [5.74, 6) is 1.26. The SMILES string of the molecule is Cc1c(Cl)cccc1S(=O)(=O)Nc1ncc2ccccc2c1OCc1ccc2c(c1)OCCN2C. The number of ether oxygens (including phenoxy) is 2. The van der Waals surface area contributed by atoms with Gasteiger partial charge in [0.15, 0.2) is 11.6 Å². The number of pyridine rings is 1. The molecule has 0 radical (unpaired) electrons. The fourth-order valence-corrected chi connectivity index (χ4v) is 5.58. The van der Waals surface area contributed by atoms with Crippen molar-refractivity contribution in [2.75, 3.05) is 29.8 Å². The van der Waals surface area contributed by atoms with Crippen LogP contribution in [0, 0.1) is 6.92 Å². The lowest BCUT2D eigenvalue weighted by molar-refractivity contribution is 0.300. The molecule has 0 saturated carbocycles. The van der Waals surface area contributed by atoms with Crippen LogP contribution in [-0.4, -0.2) is 33.6 Å². The molecule has 4 aromatic rings. The zero-order chi connectivity index (χ0) is 24.6. The van der Waals surface area contributed by atoms with Crippen LogP contribution >= 0.6 is 11.6 Å². The van der Waals surface area contributed by atoms with Crippen molar-refractivity contribution in [3.8, 4) is 11.5 Å². The van der Waals surface area contributed by atoms with Crippen molar-refractivity contribution in [2.24, 2.45) is 0 Å². The molecular formula is C26H24ClN3O4S. The summed E-state index contributed by atoms with van der Waals surface area (Å²) < 4.78 is 41.1. The second kappa shape index (κ2) is 9.28. The molecule has 9 heteroatoms. The van der Waals surface area contributed by atoms with E-state index < -0.39 is 10.0 Å². The second-order valence-corrected chi connectivity index (χ2v) is 10.4. The minimum atomic E-state index is -3.96. The van der Waals surface area contributed by atoms with Gasteiger partial charge in [-0.1, -0.05) is 48.0 Å². The van der Waals surface area contributed by atoms with Crippen molar-refractivity contribution < 1.29 is 17.9 Å². The number of halogens is 1. The molecule has 1 aliphatic heterocycles. The molecule has 180 valence electrons. The zero-order valence-electron chi connectivity index (χ0n) is 19.3. The summed E-state index contributed by atoms with van der Waals surface area (Å²) in [6, 6.07) is 18.2. The molecule has 0 spiro atoms. The van der Waals surface area contributed by atoms with Crippen LogP contribution in [0.15, 0.2) is 71.8 Å². The number of aromatic nitrogens is 1. The second-order valence-electron chi connectivity index (χ2n) is 8.35. The average molecular weight is 510 g/mol. The fraction of sp³-hybridized carbons (Fsp3) is 0.192. The van der Waals surface area contributed by atoms with Gasteiger partial charge in [-0.15, -0.1) is 0 Å². The number of hydrogen-bond donors (Lipinski definition) is 1. The molecule has 0 atom stereocenters. The number of nitrogens with zero attached hydrogens (tertiary/aromatic N) is 2. The van der Waals surface area contributed by atoms with Gasteiger partial charge in [-0.2, -0.15) is 0 Å². The van der Waals surface area contributed by atoms with Crippen LogP contribution in [0.1, 0.15) is 11.1 Å². The highest BCUT2D eigenvalue weighted by Crippen LogP contribution is 2.36. The summed E-state index contributed by atoms with van der Waals surface area (Å²) in [7, 11) is -1.93. The summed E-state index contributed by atoms with van der Waals surface area (Å²) in [6.07, 6.45) is 1.62. The van der Waals surface area contributed by atoms with E-state index >= 15 is 0 Å². The average Bonchev–Trinajstić information content (AvgIpc) is 2.84. The summed E-state index contributed by atoms with van der Waals surface area (Å²) in [6.45, 7) is 3.33. The van der Waals surface area contributed by atoms with Crippen molar-refractivity contribution in [3.63, 3.8) is 0 Å². The standard InChI is InChI=1S/C26H24ClN3O4S/c1-17-21(27)8-5-9-24(17)35(31,32)29-26-25(20-7-4-3-6-19(20)15-28-26)34-16-18-10-11-22-23(14-18)33-13-12-30(22)2/h3-11,14-15H,12-13,16H2,1-2H3,(H,28,29). The van der Waals surface area contributed by atoms with Gasteiger partial charge in [-0.25, -0.2) is 13.4 Å². The maximum atomic E-state index is 13.2. The largest absolute Gasteiger partial charge is 0.490 e. The first-order chi connectivity index (χ1) is 16.8. The Kier molecular flexibility index (Phi) is 6.17. The van der Waals surface area contributed by atoms with Crippen LogP contribution in [0.3, 0.4) is 0 Å². The number of hydrogen-bond acceptors (Lipinski definition) is 6. The molecule has 1 N–H and O–H groups in total. The fourth-order valence-electron chi connectivity index (χ4n) is 4.06. The molecule has 0 unspecified atom stereocenters. The van der Waals surface area contributed by atoms with Gasteiger partial charge in [0.2, 0.25) is 0 Å². The topological polar surface area (TPSA) is 80.8 Å². The van der Waals surface area contributed by atoms with Crippen molar-refractivity contribution in [2.45, 2.75) is 18.4 Å². The molecule has 35 heavy (non-hydrogen) atoms. The maximum absolute atomic E-state index is 13.2. The number of anilines is 2. The zero-order valence-corrected chi connectivity index (χ0v) is 20.9. The third-order valence-electron chi connectivity index (χ3n) is 5.99. The molecule has 1 aliphatic rings. The number of likely N-dealkylation sites (N-methyl/N-ethyl adjacent to an activating group) is 1. The Morgan fingerprint density at radius 1 is 1.14 bits per heavy atom. The Balaban J connectivity index is 1.50. The van der Waals surface area contributed by atoms with Crippen molar-refractivity contribution >= 4 is 43.9 Å². The lowest BCUT2D eigenvalue weighted by Gasteiger charge is -2.28. The molecule has 1 aromatic heterocycles. The van der Waals surface area contributed by atoms with Crippen LogP contribution in [0.4, 0.5) is 11.5 Å². The summed E-state index contributed by atoms with van der Waals surface area (Å²) >= 11 is 6.16. The van der Waals surface area contributed by atoms with Crippen LogP contribution in [0.5, 0.6) is 11.5 Å². The number of sulfonamides is 1. The first-order valence-electron chi connectivity index (χ1n) is 11.1. The minimum Gasteiger partial charge on any atom is -0.490 e. The molecule has 0 amide bonds. The molecule has 7 nitrogen and oxygen atoms in total. The molecule has 0 aliphatic carbocycles. The molecule has 3 aromatic carbocycles. The summed E-state index contributed by atoms with van der Waals surface area (Å²) in [5, 5.41) is 1.95. The van der Waals surface area contributed by atoms with E-state index in [1.807, 2.05) is 49.5 Å². The Bertz CT molecular complexity index is 1520. The first kappa shape index (κ1) is 23.3. The third-order valence-corrected chi connectivity index (χ3v) is 7.89. The van der Waals surface area contributed by atoms with E-state index in [1.54, 1.807) is 25.3 Å². The quantitative estimate of drug-likeness (QED) is 0.374. The van der Waals surface area contributed by atoms with Gasteiger partial charge in [-0.05, 0) is 42.3 Å². The summed E-state index contributed by atoms with van der Waals surface area (Å²) in [5.41, 5.74) is 2.38. The Morgan fingerprint density at radius 3 is 2.83 bits per heavy atom. The number of fused-ring (bicyclic) bond motifs is 2. The lowest BCUT2D eigenvalue weighted by Crippen LogP contribution is -2.28. The van der Waals surface area contributed by atoms with E-state index in [2.05, 4.69) is 14.6 Å². The maximum Gasteiger partial charge on any atom is 0.263 e. The highest BCUT2D eigenvalue weighted by atomic mass is 35.5. The molecule has 0 fully saturated rings. The molecular weight excluding hydrogens is 486 g/mol. The molecule has 2 heterocycles. The van der Waals surface area contributed by atoms with Crippen molar-refractivity contribution in [1.29, 1.82) is 0 Å². The van der Waals surface area contributed by atoms with Gasteiger partial charge < -0.3 is 14.4 Å². The van der Waals surface area contributed by atoms with E-state index in [0.717, 1.165) is 34.3 Å². The van der Waals surface area contributed by atoms with Gasteiger partial charge in [0.1, 0.15) is 19.0 Å². The van der Waals surface area contributed by atoms with Crippen LogP contribution in [0.25, 0.3) is 10.8 Å². The minimum absolute atomic E-state index is 0.0851. The number of rotatable bonds is 6. The van der Waals surface area contributed by atoms with Crippen LogP contribution < -0.4 is 19.1 Å². The highest BCUT2D eigenvalue weighted by molar-refractivity contribution is 7.92. The van der Waals surface area contributed by atoms with E-state index in [9.17, 15) is 8.42 Å². The number of benzene rings is 3. The Labute approximate surface area is 209 Å². The highest BCUT2D eigenvalue weighted by Gasteiger charge is 2.22. The lowest BCUT2D eigenvalue weighted by atomic mass is 10.1. The van der Waals surface area contributed by atoms with E-state index in [0.29, 0.717) is 22.9 Å². The molecule has 5 rings (SSSR count). The third kappa shape index (κ3) is 4.59. The summed E-state index contributed by atoms with van der Waals surface area (Å²) in [4.78, 5) is 6.61. The predicted molar refractivity (Wildman–Crippen MR) is 138 cm³/mol. The van der Waals surface area contributed by atoms with Gasteiger partial charge in [0, 0.05) is 29.0 Å². The normalized spacial score (nSPS) is 13.3. The molecule has 0 bridgehead atoms. The number of nitrogens with one attached hydrogen (secondary N) is 1. The smallest absolute Gasteiger partial charge is 0.263 e. The van der Waals surface area contributed by atoms with Crippen molar-refractivity contribution in [3.05, 3.63) is 83.0 Å². The van der Waals surface area contributed by atoms with Gasteiger partial charge in [0.25, 0.3) is 10.0 Å². The monoisotopic (exact) mass is 509 g/mol. The van der Waals surface area contributed by atoms with E-state index in [1.165, 1.54) is 6.07 Å². The van der Waals surface area contributed by atoms with E-state index in [4.69, 9.17) is 21.1 Å². The molecule has 0 saturated heterocycles. The van der Waals surface area contributed by atoms with E-state index in [-0.39, 0.29) is 17.3 Å². The predicted octanol–water partition coefficient (Wildman–Crippen LogP) is 5.41. The van der Waals surface area contributed by atoms with Gasteiger partial charge in [-0.3, -0.25) is 4.72 Å².